The van der Waals surface area contributed by atoms with Crippen LogP contribution in [0.3, 0.4) is 0 Å². The van der Waals surface area contributed by atoms with Crippen molar-refractivity contribution in [3.05, 3.63) is 59.3 Å². The Kier molecular flexibility index (Phi) is 10.8. The van der Waals surface area contributed by atoms with Crippen LogP contribution in [0, 0.1) is 5.41 Å². The van der Waals surface area contributed by atoms with Gasteiger partial charge in [-0.05, 0) is 55.4 Å². The second kappa shape index (κ2) is 14.7. The highest BCUT2D eigenvalue weighted by Crippen LogP contribution is 2.24. The quantitative estimate of drug-likeness (QED) is 0.188. The molecule has 3 aromatic rings. The molecule has 0 aromatic carbocycles. The van der Waals surface area contributed by atoms with Crippen LogP contribution in [0.25, 0.3) is 11.0 Å². The van der Waals surface area contributed by atoms with Gasteiger partial charge in [0.2, 0.25) is 5.95 Å². The highest BCUT2D eigenvalue weighted by atomic mass is 15.2. The van der Waals surface area contributed by atoms with E-state index in [-0.39, 0.29) is 5.92 Å². The fourth-order valence-corrected chi connectivity index (χ4v) is 5.19. The van der Waals surface area contributed by atoms with E-state index in [0.717, 1.165) is 79.4 Å². The minimum absolute atomic E-state index is 0.140. The van der Waals surface area contributed by atoms with Crippen LogP contribution in [0.1, 0.15) is 55.1 Å². The molecule has 2 saturated heterocycles. The van der Waals surface area contributed by atoms with Crippen molar-refractivity contribution in [3.8, 4) is 0 Å². The van der Waals surface area contributed by atoms with Crippen LogP contribution in [-0.4, -0.2) is 88.3 Å². The van der Waals surface area contributed by atoms with Gasteiger partial charge in [-0.15, -0.1) is 0 Å². The van der Waals surface area contributed by atoms with Crippen LogP contribution in [0.5, 0.6) is 0 Å². The summed E-state index contributed by atoms with van der Waals surface area (Å²) in [5, 5.41) is 15.8. The maximum atomic E-state index is 7.98. The Morgan fingerprint density at radius 2 is 1.85 bits per heavy atom. The molecule has 0 saturated carbocycles. The van der Waals surface area contributed by atoms with Gasteiger partial charge in [0.1, 0.15) is 5.65 Å². The van der Waals surface area contributed by atoms with Crippen molar-refractivity contribution in [2.75, 3.05) is 58.1 Å². The Bertz CT molecular complexity index is 1210. The van der Waals surface area contributed by atoms with E-state index in [9.17, 15) is 0 Å². The van der Waals surface area contributed by atoms with Crippen LogP contribution >= 0.6 is 0 Å². The maximum absolute atomic E-state index is 7.98. The molecule has 0 radical (unpaired) electrons. The Labute approximate surface area is 232 Å². The van der Waals surface area contributed by atoms with Crippen LogP contribution in [0.15, 0.2) is 36.8 Å². The molecule has 0 amide bonds. The number of piperazine rings is 1. The molecule has 39 heavy (non-hydrogen) atoms. The SMILES string of the molecule is CC.N=CC(C=CNCCN1CCCC1)c1cnc2[nH]cc(Cc3cc(CN4CCNCC4)nc(N)n3)c2c1. The number of hydrogen-bond acceptors (Lipinski definition) is 9. The average molecular weight is 533 g/mol. The first-order valence-corrected chi connectivity index (χ1v) is 14.3. The molecule has 0 spiro atoms. The van der Waals surface area contributed by atoms with Crippen molar-refractivity contribution in [3.63, 3.8) is 0 Å². The number of fused-ring (bicyclic) bond motifs is 1. The van der Waals surface area contributed by atoms with Crippen LogP contribution in [-0.2, 0) is 13.0 Å². The van der Waals surface area contributed by atoms with E-state index in [4.69, 9.17) is 11.1 Å². The van der Waals surface area contributed by atoms with E-state index in [1.807, 2.05) is 38.5 Å². The third-order valence-electron chi connectivity index (χ3n) is 7.21. The molecule has 10 heteroatoms. The highest BCUT2D eigenvalue weighted by molar-refractivity contribution is 5.82. The maximum Gasteiger partial charge on any atom is 0.220 e. The second-order valence-electron chi connectivity index (χ2n) is 9.94. The summed E-state index contributed by atoms with van der Waals surface area (Å²) < 4.78 is 0. The lowest BCUT2D eigenvalue weighted by Gasteiger charge is -2.26. The molecule has 1 atom stereocenters. The smallest absolute Gasteiger partial charge is 0.220 e. The van der Waals surface area contributed by atoms with Crippen LogP contribution in [0.2, 0.25) is 0 Å². The van der Waals surface area contributed by atoms with Gasteiger partial charge >= 0.3 is 0 Å². The van der Waals surface area contributed by atoms with Crippen LogP contribution < -0.4 is 16.4 Å². The number of aromatic nitrogens is 4. The van der Waals surface area contributed by atoms with Crippen molar-refractivity contribution in [2.24, 2.45) is 0 Å². The Morgan fingerprint density at radius 1 is 1.08 bits per heavy atom. The van der Waals surface area contributed by atoms with E-state index >= 15 is 0 Å². The average Bonchev–Trinajstić information content (AvgIpc) is 3.62. The molecule has 10 nitrogen and oxygen atoms in total. The summed E-state index contributed by atoms with van der Waals surface area (Å²) in [5.74, 6) is 0.173. The minimum Gasteiger partial charge on any atom is -0.390 e. The number of nitrogen functional groups attached to an aromatic ring is 1. The molecule has 0 bridgehead atoms. The molecule has 210 valence electrons. The number of likely N-dealkylation sites (tertiary alicyclic amines) is 1. The topological polar surface area (TPSA) is 135 Å². The molecule has 2 aliphatic heterocycles. The Balaban J connectivity index is 0.00000172. The van der Waals surface area contributed by atoms with Gasteiger partial charge in [-0.3, -0.25) is 4.90 Å². The number of nitrogens with one attached hydrogen (secondary N) is 4. The molecule has 2 fully saturated rings. The Hall–Kier alpha value is -3.34. The molecular weight excluding hydrogens is 488 g/mol. The summed E-state index contributed by atoms with van der Waals surface area (Å²) in [6.07, 6.45) is 12.6. The summed E-state index contributed by atoms with van der Waals surface area (Å²) >= 11 is 0. The number of pyridine rings is 1. The van der Waals surface area contributed by atoms with E-state index in [2.05, 4.69) is 52.5 Å². The summed E-state index contributed by atoms with van der Waals surface area (Å²) in [6, 6.07) is 4.19. The zero-order valence-corrected chi connectivity index (χ0v) is 23.4. The van der Waals surface area contributed by atoms with Gasteiger partial charge < -0.3 is 31.7 Å². The van der Waals surface area contributed by atoms with Gasteiger partial charge in [0.25, 0.3) is 0 Å². The minimum atomic E-state index is -0.140. The third-order valence-corrected chi connectivity index (χ3v) is 7.21. The second-order valence-corrected chi connectivity index (χ2v) is 9.94. The van der Waals surface area contributed by atoms with Crippen LogP contribution in [0.4, 0.5) is 5.95 Å². The van der Waals surface area contributed by atoms with Crippen molar-refractivity contribution >= 4 is 23.2 Å². The molecule has 5 heterocycles. The molecule has 5 rings (SSSR count). The summed E-state index contributed by atoms with van der Waals surface area (Å²) in [6.45, 7) is 13.2. The monoisotopic (exact) mass is 532 g/mol. The first kappa shape index (κ1) is 28.7. The van der Waals surface area contributed by atoms with Gasteiger partial charge in [0.05, 0.1) is 11.4 Å². The fourth-order valence-electron chi connectivity index (χ4n) is 5.19. The molecule has 2 aliphatic rings. The summed E-state index contributed by atoms with van der Waals surface area (Å²) in [5.41, 5.74) is 10.9. The predicted octanol–water partition coefficient (Wildman–Crippen LogP) is 2.89. The first-order valence-electron chi connectivity index (χ1n) is 14.3. The third kappa shape index (κ3) is 8.08. The number of nitrogens with two attached hydrogens (primary N) is 1. The van der Waals surface area contributed by atoms with Gasteiger partial charge in [-0.2, -0.15) is 0 Å². The zero-order valence-electron chi connectivity index (χ0n) is 23.4. The van der Waals surface area contributed by atoms with Gasteiger partial charge in [0, 0.05) is 82.1 Å². The van der Waals surface area contributed by atoms with E-state index in [1.54, 1.807) is 0 Å². The largest absolute Gasteiger partial charge is 0.390 e. The number of hydrogen-bond donors (Lipinski definition) is 5. The molecule has 0 aliphatic carbocycles. The standard InChI is InChI=1S/C27H38N10.C2H6/c28-16-20(3-4-30-5-10-36-8-1-2-9-36)21-14-25-22(18-33-26(25)32-17-21)13-23-15-24(35-27(29)34-23)19-37-11-6-31-7-12-37;1-2/h3-4,14-18,20,28,30-31H,1-2,5-13,19H2,(H,32,33)(H2,29,34,35);1-2H3. The first-order chi connectivity index (χ1) is 19.2. The van der Waals surface area contributed by atoms with E-state index in [1.165, 1.54) is 32.1 Å². The predicted molar refractivity (Wildman–Crippen MR) is 159 cm³/mol. The molecular formula is C29H44N10. The number of anilines is 1. The number of allylic oxidation sites excluding steroid dienone is 1. The Morgan fingerprint density at radius 3 is 2.62 bits per heavy atom. The molecule has 1 unspecified atom stereocenters. The van der Waals surface area contributed by atoms with Gasteiger partial charge in [-0.25, -0.2) is 15.0 Å². The lowest BCUT2D eigenvalue weighted by atomic mass is 9.99. The number of aromatic amines is 1. The van der Waals surface area contributed by atoms with Crippen molar-refractivity contribution in [2.45, 2.75) is 45.6 Å². The van der Waals surface area contributed by atoms with Gasteiger partial charge in [-0.1, -0.05) is 19.9 Å². The van der Waals surface area contributed by atoms with Crippen molar-refractivity contribution in [1.82, 2.24) is 40.4 Å². The summed E-state index contributed by atoms with van der Waals surface area (Å²) in [4.78, 5) is 21.8. The lowest BCUT2D eigenvalue weighted by Crippen LogP contribution is -2.43. The van der Waals surface area contributed by atoms with E-state index in [0.29, 0.717) is 12.4 Å². The number of nitrogens with zero attached hydrogens (tertiary/aromatic N) is 5. The van der Waals surface area contributed by atoms with Crippen molar-refractivity contribution in [1.29, 1.82) is 5.41 Å². The lowest BCUT2D eigenvalue weighted by molar-refractivity contribution is 0.230. The zero-order chi connectivity index (χ0) is 27.5. The highest BCUT2D eigenvalue weighted by Gasteiger charge is 2.15. The number of rotatable bonds is 11. The van der Waals surface area contributed by atoms with E-state index < -0.39 is 0 Å². The summed E-state index contributed by atoms with van der Waals surface area (Å²) in [7, 11) is 0. The molecule has 6 N–H and O–H groups in total. The van der Waals surface area contributed by atoms with Gasteiger partial charge in [0.15, 0.2) is 0 Å². The molecule has 3 aromatic heterocycles. The fraction of sp³-hybridized carbons (Fsp3) is 0.517. The normalized spacial score (nSPS) is 17.3. The van der Waals surface area contributed by atoms with Crippen molar-refractivity contribution < 1.29 is 0 Å². The number of H-pyrrole nitrogens is 1.